The Kier molecular flexibility index (Phi) is 4.17. The summed E-state index contributed by atoms with van der Waals surface area (Å²) in [6.45, 7) is 1.82. The summed E-state index contributed by atoms with van der Waals surface area (Å²) in [5, 5.41) is 0. The quantitative estimate of drug-likeness (QED) is 0.795. The second-order valence-electron chi connectivity index (χ2n) is 3.87. The number of pyridine rings is 1. The van der Waals surface area contributed by atoms with Crippen molar-refractivity contribution in [3.63, 3.8) is 0 Å². The monoisotopic (exact) mass is 347 g/mol. The lowest BCUT2D eigenvalue weighted by Gasteiger charge is -2.12. The molecule has 0 aliphatic carbocycles. The van der Waals surface area contributed by atoms with E-state index in [1.165, 1.54) is 18.2 Å². The number of halogens is 4. The highest BCUT2D eigenvalue weighted by Gasteiger charge is 2.32. The molecule has 0 aliphatic rings. The van der Waals surface area contributed by atoms with Gasteiger partial charge in [0.2, 0.25) is 5.88 Å². The lowest BCUT2D eigenvalue weighted by atomic mass is 10.3. The number of alkyl halides is 3. The minimum Gasteiger partial charge on any atom is -0.439 e. The Bertz CT molecular complexity index is 617. The molecule has 106 valence electrons. The van der Waals surface area contributed by atoms with Crippen LogP contribution in [0.1, 0.15) is 5.56 Å². The fourth-order valence-corrected chi connectivity index (χ4v) is 1.88. The fourth-order valence-electron chi connectivity index (χ4n) is 1.44. The molecular formula is C13H9BrF3NO2. The van der Waals surface area contributed by atoms with E-state index in [4.69, 9.17) is 4.74 Å². The number of rotatable bonds is 3. The highest BCUT2D eigenvalue weighted by atomic mass is 79.9. The number of hydrogen-bond acceptors (Lipinski definition) is 3. The van der Waals surface area contributed by atoms with Crippen molar-refractivity contribution in [3.05, 3.63) is 46.6 Å². The maximum Gasteiger partial charge on any atom is 0.573 e. The van der Waals surface area contributed by atoms with Gasteiger partial charge in [-0.1, -0.05) is 6.07 Å². The van der Waals surface area contributed by atoms with E-state index in [1.807, 2.05) is 13.0 Å². The summed E-state index contributed by atoms with van der Waals surface area (Å²) in [5.41, 5.74) is 0.819. The molecule has 0 unspecified atom stereocenters. The summed E-state index contributed by atoms with van der Waals surface area (Å²) in [6, 6.07) is 7.51. The van der Waals surface area contributed by atoms with Crippen molar-refractivity contribution in [1.29, 1.82) is 0 Å². The van der Waals surface area contributed by atoms with Crippen LogP contribution in [0.3, 0.4) is 0 Å². The average Bonchev–Trinajstić information content (AvgIpc) is 2.34. The third kappa shape index (κ3) is 3.86. The topological polar surface area (TPSA) is 31.4 Å². The van der Waals surface area contributed by atoms with Gasteiger partial charge in [-0.15, -0.1) is 13.2 Å². The van der Waals surface area contributed by atoms with Gasteiger partial charge in [0.15, 0.2) is 0 Å². The lowest BCUT2D eigenvalue weighted by molar-refractivity contribution is -0.274. The number of nitrogens with zero attached hydrogens (tertiary/aromatic N) is 1. The second kappa shape index (κ2) is 5.70. The van der Waals surface area contributed by atoms with Crippen LogP contribution in [-0.4, -0.2) is 11.3 Å². The highest BCUT2D eigenvalue weighted by Crippen LogP contribution is 2.34. The van der Waals surface area contributed by atoms with Crippen LogP contribution in [0.5, 0.6) is 17.4 Å². The summed E-state index contributed by atoms with van der Waals surface area (Å²) < 4.78 is 45.9. The Morgan fingerprint density at radius 2 is 1.95 bits per heavy atom. The molecule has 0 saturated heterocycles. The largest absolute Gasteiger partial charge is 0.573 e. The summed E-state index contributed by atoms with van der Waals surface area (Å²) >= 11 is 3.01. The summed E-state index contributed by atoms with van der Waals surface area (Å²) in [6.07, 6.45) is -3.17. The molecule has 0 aliphatic heterocycles. The number of ether oxygens (including phenoxy) is 2. The molecule has 0 amide bonds. The molecule has 0 N–H and O–H groups in total. The molecule has 0 fully saturated rings. The van der Waals surface area contributed by atoms with Gasteiger partial charge in [0.05, 0.1) is 4.47 Å². The van der Waals surface area contributed by atoms with Gasteiger partial charge in [0, 0.05) is 11.8 Å². The molecular weight excluding hydrogens is 339 g/mol. The van der Waals surface area contributed by atoms with E-state index >= 15 is 0 Å². The molecule has 7 heteroatoms. The summed E-state index contributed by atoms with van der Waals surface area (Å²) in [5.74, 6) is 0.416. The van der Waals surface area contributed by atoms with Crippen molar-refractivity contribution in [2.24, 2.45) is 0 Å². The Balaban J connectivity index is 2.19. The molecule has 1 aromatic carbocycles. The van der Waals surface area contributed by atoms with Crippen molar-refractivity contribution in [1.82, 2.24) is 4.98 Å². The Hall–Kier alpha value is -1.76. The van der Waals surface area contributed by atoms with E-state index in [9.17, 15) is 13.2 Å². The van der Waals surface area contributed by atoms with Gasteiger partial charge in [0.1, 0.15) is 11.5 Å². The molecule has 2 aromatic rings. The van der Waals surface area contributed by atoms with Crippen molar-refractivity contribution in [3.8, 4) is 17.4 Å². The Labute approximate surface area is 121 Å². The summed E-state index contributed by atoms with van der Waals surface area (Å²) in [4.78, 5) is 4.04. The maximum absolute atomic E-state index is 12.1. The van der Waals surface area contributed by atoms with Crippen LogP contribution in [0.2, 0.25) is 0 Å². The smallest absolute Gasteiger partial charge is 0.439 e. The molecule has 0 radical (unpaired) electrons. The van der Waals surface area contributed by atoms with Gasteiger partial charge in [-0.05, 0) is 47.1 Å². The van der Waals surface area contributed by atoms with E-state index in [-0.39, 0.29) is 10.2 Å². The molecule has 3 nitrogen and oxygen atoms in total. The molecule has 0 bridgehead atoms. The third-order valence-electron chi connectivity index (χ3n) is 2.30. The van der Waals surface area contributed by atoms with Crippen molar-refractivity contribution in [2.75, 3.05) is 0 Å². The van der Waals surface area contributed by atoms with E-state index in [2.05, 4.69) is 25.7 Å². The minimum absolute atomic E-state index is 0.140. The van der Waals surface area contributed by atoms with Gasteiger partial charge >= 0.3 is 6.36 Å². The van der Waals surface area contributed by atoms with Crippen LogP contribution in [0, 0.1) is 6.92 Å². The SMILES string of the molecule is Cc1cccnc1Oc1ccc(OC(F)(F)F)c(Br)c1. The van der Waals surface area contributed by atoms with Crippen molar-refractivity contribution >= 4 is 15.9 Å². The highest BCUT2D eigenvalue weighted by molar-refractivity contribution is 9.10. The zero-order chi connectivity index (χ0) is 14.8. The molecule has 1 aromatic heterocycles. The minimum atomic E-state index is -4.73. The van der Waals surface area contributed by atoms with Crippen LogP contribution < -0.4 is 9.47 Å². The van der Waals surface area contributed by atoms with Crippen molar-refractivity contribution in [2.45, 2.75) is 13.3 Å². The van der Waals surface area contributed by atoms with Gasteiger partial charge < -0.3 is 9.47 Å². The Morgan fingerprint density at radius 1 is 1.20 bits per heavy atom. The van der Waals surface area contributed by atoms with Crippen LogP contribution >= 0.6 is 15.9 Å². The first kappa shape index (κ1) is 14.6. The van der Waals surface area contributed by atoms with Crippen LogP contribution in [0.25, 0.3) is 0 Å². The third-order valence-corrected chi connectivity index (χ3v) is 2.92. The lowest BCUT2D eigenvalue weighted by Crippen LogP contribution is -2.17. The Morgan fingerprint density at radius 3 is 2.55 bits per heavy atom. The van der Waals surface area contributed by atoms with E-state index in [0.29, 0.717) is 11.6 Å². The molecule has 0 spiro atoms. The predicted molar refractivity (Wildman–Crippen MR) is 69.9 cm³/mol. The van der Waals surface area contributed by atoms with Gasteiger partial charge in [-0.3, -0.25) is 0 Å². The van der Waals surface area contributed by atoms with E-state index in [0.717, 1.165) is 5.56 Å². The first-order chi connectivity index (χ1) is 9.35. The number of aryl methyl sites for hydroxylation is 1. The maximum atomic E-state index is 12.1. The predicted octanol–water partition coefficient (Wildman–Crippen LogP) is 4.84. The normalized spacial score (nSPS) is 11.2. The molecule has 2 rings (SSSR count). The van der Waals surface area contributed by atoms with Gasteiger partial charge in [-0.25, -0.2) is 4.98 Å². The number of hydrogen-bond donors (Lipinski definition) is 0. The van der Waals surface area contributed by atoms with Crippen molar-refractivity contribution < 1.29 is 22.6 Å². The second-order valence-corrected chi connectivity index (χ2v) is 4.72. The van der Waals surface area contributed by atoms with Crippen LogP contribution in [-0.2, 0) is 0 Å². The molecule has 1 heterocycles. The van der Waals surface area contributed by atoms with E-state index in [1.54, 1.807) is 12.3 Å². The number of aromatic nitrogens is 1. The number of benzene rings is 1. The van der Waals surface area contributed by atoms with Gasteiger partial charge in [-0.2, -0.15) is 0 Å². The fraction of sp³-hybridized carbons (Fsp3) is 0.154. The van der Waals surface area contributed by atoms with E-state index < -0.39 is 6.36 Å². The van der Waals surface area contributed by atoms with Gasteiger partial charge in [0.25, 0.3) is 0 Å². The zero-order valence-corrected chi connectivity index (χ0v) is 11.8. The molecule has 0 saturated carbocycles. The molecule has 20 heavy (non-hydrogen) atoms. The standard InChI is InChI=1S/C13H9BrF3NO2/c1-8-3-2-6-18-12(8)19-9-4-5-11(10(14)7-9)20-13(15,16)17/h2-7H,1H3. The van der Waals surface area contributed by atoms with Crippen LogP contribution in [0.4, 0.5) is 13.2 Å². The molecule has 0 atom stereocenters. The first-order valence-electron chi connectivity index (χ1n) is 5.50. The summed E-state index contributed by atoms with van der Waals surface area (Å²) in [7, 11) is 0. The average molecular weight is 348 g/mol. The zero-order valence-electron chi connectivity index (χ0n) is 10.2. The van der Waals surface area contributed by atoms with Crippen LogP contribution in [0.15, 0.2) is 41.0 Å². The first-order valence-corrected chi connectivity index (χ1v) is 6.29.